The van der Waals surface area contributed by atoms with Gasteiger partial charge in [0, 0.05) is 37.6 Å². The van der Waals surface area contributed by atoms with Crippen molar-refractivity contribution in [1.82, 2.24) is 29.8 Å². The summed E-state index contributed by atoms with van der Waals surface area (Å²) in [6.45, 7) is 1.11. The zero-order valence-corrected chi connectivity index (χ0v) is 12.5. The minimum absolute atomic E-state index is 0.0388. The van der Waals surface area contributed by atoms with E-state index in [2.05, 4.69) is 20.2 Å². The number of aromatic nitrogens is 4. The Hall–Kier alpha value is -2.48. The van der Waals surface area contributed by atoms with E-state index >= 15 is 0 Å². The van der Waals surface area contributed by atoms with Gasteiger partial charge >= 0.3 is 0 Å². The van der Waals surface area contributed by atoms with Crippen LogP contribution < -0.4 is 5.43 Å². The number of amides is 1. The van der Waals surface area contributed by atoms with Gasteiger partial charge in [-0.25, -0.2) is 4.68 Å². The molecule has 0 unspecified atom stereocenters. The molecule has 2 atom stereocenters. The lowest BCUT2D eigenvalue weighted by molar-refractivity contribution is 0.0775. The van der Waals surface area contributed by atoms with Gasteiger partial charge in [0.2, 0.25) is 0 Å². The molecule has 116 valence electrons. The first kappa shape index (κ1) is 14.5. The van der Waals surface area contributed by atoms with Gasteiger partial charge in [-0.2, -0.15) is 0 Å². The number of likely N-dealkylation sites (tertiary alicyclic amines) is 1. The van der Waals surface area contributed by atoms with Crippen molar-refractivity contribution in [1.29, 1.82) is 0 Å². The minimum atomic E-state index is -0.182. The molecule has 22 heavy (non-hydrogen) atoms. The second kappa shape index (κ2) is 5.72. The number of carbonyl (C=O) groups excluding carboxylic acids is 1. The van der Waals surface area contributed by atoms with Crippen molar-refractivity contribution in [2.75, 3.05) is 27.2 Å². The highest BCUT2D eigenvalue weighted by Crippen LogP contribution is 2.25. The van der Waals surface area contributed by atoms with E-state index in [1.807, 2.05) is 14.1 Å². The second-order valence-corrected chi connectivity index (χ2v) is 5.63. The van der Waals surface area contributed by atoms with Gasteiger partial charge in [0.1, 0.15) is 5.69 Å². The predicted molar refractivity (Wildman–Crippen MR) is 79.5 cm³/mol. The van der Waals surface area contributed by atoms with Crippen LogP contribution in [0.1, 0.15) is 16.5 Å². The van der Waals surface area contributed by atoms with Crippen molar-refractivity contribution in [3.63, 3.8) is 0 Å². The maximum atomic E-state index is 12.6. The fourth-order valence-corrected chi connectivity index (χ4v) is 2.84. The topological polar surface area (TPSA) is 87.1 Å². The van der Waals surface area contributed by atoms with E-state index in [1.165, 1.54) is 18.3 Å². The zero-order valence-electron chi connectivity index (χ0n) is 12.5. The number of hydrogen-bond acceptors (Lipinski definition) is 5. The molecule has 3 rings (SSSR count). The van der Waals surface area contributed by atoms with Crippen LogP contribution in [0.3, 0.4) is 0 Å². The number of hydrogen-bond donors (Lipinski definition) is 1. The quantitative estimate of drug-likeness (QED) is 0.833. The molecule has 1 N–H and O–H groups in total. The van der Waals surface area contributed by atoms with Crippen molar-refractivity contribution in [3.8, 4) is 0 Å². The summed E-state index contributed by atoms with van der Waals surface area (Å²) in [5.74, 6) is -0.174. The average Bonchev–Trinajstić information content (AvgIpc) is 3.15. The SMILES string of the molecule is CN(C)[C@@H]1CN(C(=O)c2cc(=O)cc[nH]2)C[C@@H]1n1ccnn1. The molecule has 1 amide bonds. The third-order valence-corrected chi connectivity index (χ3v) is 3.99. The summed E-state index contributed by atoms with van der Waals surface area (Å²) in [4.78, 5) is 30.6. The normalized spacial score (nSPS) is 21.5. The van der Waals surface area contributed by atoms with E-state index in [1.54, 1.807) is 22.0 Å². The fraction of sp³-hybridized carbons (Fsp3) is 0.429. The number of nitrogens with zero attached hydrogens (tertiary/aromatic N) is 5. The van der Waals surface area contributed by atoms with E-state index in [-0.39, 0.29) is 23.4 Å². The van der Waals surface area contributed by atoms with E-state index in [0.29, 0.717) is 18.8 Å². The van der Waals surface area contributed by atoms with E-state index < -0.39 is 0 Å². The number of likely N-dealkylation sites (N-methyl/N-ethyl adjacent to an activating group) is 1. The number of carbonyl (C=O) groups is 1. The molecule has 0 aromatic carbocycles. The molecule has 8 heteroatoms. The monoisotopic (exact) mass is 302 g/mol. The van der Waals surface area contributed by atoms with Crippen LogP contribution in [-0.4, -0.2) is 68.9 Å². The Morgan fingerprint density at radius 1 is 1.41 bits per heavy atom. The molecule has 1 saturated heterocycles. The second-order valence-electron chi connectivity index (χ2n) is 5.63. The number of rotatable bonds is 3. The molecule has 0 radical (unpaired) electrons. The number of pyridine rings is 1. The molecular formula is C14H18N6O2. The molecule has 1 fully saturated rings. The highest BCUT2D eigenvalue weighted by atomic mass is 16.2. The van der Waals surface area contributed by atoms with Crippen LogP contribution in [0.25, 0.3) is 0 Å². The first-order valence-electron chi connectivity index (χ1n) is 7.06. The molecule has 1 aliphatic heterocycles. The van der Waals surface area contributed by atoms with Crippen molar-refractivity contribution < 1.29 is 4.79 Å². The van der Waals surface area contributed by atoms with E-state index in [4.69, 9.17) is 0 Å². The third kappa shape index (κ3) is 2.64. The van der Waals surface area contributed by atoms with Crippen LogP contribution in [0.15, 0.2) is 35.5 Å². The maximum absolute atomic E-state index is 12.6. The van der Waals surface area contributed by atoms with Gasteiger partial charge in [0.25, 0.3) is 5.91 Å². The summed E-state index contributed by atoms with van der Waals surface area (Å²) in [5.41, 5.74) is 0.127. The van der Waals surface area contributed by atoms with Crippen LogP contribution in [0, 0.1) is 0 Å². The van der Waals surface area contributed by atoms with Gasteiger partial charge in [0.15, 0.2) is 5.43 Å². The summed E-state index contributed by atoms with van der Waals surface area (Å²) >= 11 is 0. The molecule has 0 aliphatic carbocycles. The Labute approximate surface area is 127 Å². The van der Waals surface area contributed by atoms with Gasteiger partial charge in [-0.15, -0.1) is 5.10 Å². The van der Waals surface area contributed by atoms with Crippen LogP contribution in [-0.2, 0) is 0 Å². The summed E-state index contributed by atoms with van der Waals surface area (Å²) in [6.07, 6.45) is 4.93. The van der Waals surface area contributed by atoms with E-state index in [9.17, 15) is 9.59 Å². The summed E-state index contributed by atoms with van der Waals surface area (Å²) < 4.78 is 1.78. The summed E-state index contributed by atoms with van der Waals surface area (Å²) in [6, 6.07) is 2.90. The van der Waals surface area contributed by atoms with Crippen molar-refractivity contribution >= 4 is 5.91 Å². The van der Waals surface area contributed by atoms with Gasteiger partial charge < -0.3 is 14.8 Å². The number of aromatic amines is 1. The largest absolute Gasteiger partial charge is 0.357 e. The Morgan fingerprint density at radius 2 is 2.23 bits per heavy atom. The van der Waals surface area contributed by atoms with Gasteiger partial charge in [-0.05, 0) is 14.1 Å². The molecule has 0 saturated carbocycles. The van der Waals surface area contributed by atoms with Crippen LogP contribution >= 0.6 is 0 Å². The summed E-state index contributed by atoms with van der Waals surface area (Å²) in [7, 11) is 3.96. The Bertz CT molecular complexity index is 708. The standard InChI is InChI=1S/C14H18N6O2/c1-18(2)12-8-19(9-13(12)20-6-5-16-17-20)14(22)11-7-10(21)3-4-15-11/h3-7,12-13H,8-9H2,1-2H3,(H,15,21)/t12-,13+/m1/s1. The zero-order chi connectivity index (χ0) is 15.7. The number of nitrogens with one attached hydrogen (secondary N) is 1. The van der Waals surface area contributed by atoms with Crippen molar-refractivity contribution in [3.05, 3.63) is 46.6 Å². The molecule has 1 aliphatic rings. The Balaban J connectivity index is 1.84. The van der Waals surface area contributed by atoms with E-state index in [0.717, 1.165) is 0 Å². The third-order valence-electron chi connectivity index (χ3n) is 3.99. The lowest BCUT2D eigenvalue weighted by Gasteiger charge is -2.24. The average molecular weight is 302 g/mol. The van der Waals surface area contributed by atoms with Gasteiger partial charge in [-0.1, -0.05) is 5.21 Å². The summed E-state index contributed by atoms with van der Waals surface area (Å²) in [5, 5.41) is 7.90. The van der Waals surface area contributed by atoms with Gasteiger partial charge in [-0.3, -0.25) is 9.59 Å². The highest BCUT2D eigenvalue weighted by Gasteiger charge is 2.38. The first-order valence-corrected chi connectivity index (χ1v) is 7.06. The smallest absolute Gasteiger partial charge is 0.270 e. The molecule has 2 aromatic rings. The van der Waals surface area contributed by atoms with Crippen molar-refractivity contribution in [2.24, 2.45) is 0 Å². The molecule has 3 heterocycles. The minimum Gasteiger partial charge on any atom is -0.357 e. The van der Waals surface area contributed by atoms with Crippen molar-refractivity contribution in [2.45, 2.75) is 12.1 Å². The molecule has 0 spiro atoms. The lowest BCUT2D eigenvalue weighted by atomic mass is 10.1. The maximum Gasteiger partial charge on any atom is 0.270 e. The van der Waals surface area contributed by atoms with Crippen LogP contribution in [0.5, 0.6) is 0 Å². The van der Waals surface area contributed by atoms with Gasteiger partial charge in [0.05, 0.1) is 18.3 Å². The Morgan fingerprint density at radius 3 is 2.86 bits per heavy atom. The molecule has 2 aromatic heterocycles. The molecular weight excluding hydrogens is 284 g/mol. The molecule has 8 nitrogen and oxygen atoms in total. The fourth-order valence-electron chi connectivity index (χ4n) is 2.84. The Kier molecular flexibility index (Phi) is 3.76. The van der Waals surface area contributed by atoms with Crippen LogP contribution in [0.2, 0.25) is 0 Å². The van der Waals surface area contributed by atoms with Crippen LogP contribution in [0.4, 0.5) is 0 Å². The highest BCUT2D eigenvalue weighted by molar-refractivity contribution is 5.92. The first-order chi connectivity index (χ1) is 10.6. The number of H-pyrrole nitrogens is 1. The lowest BCUT2D eigenvalue weighted by Crippen LogP contribution is -2.37. The molecule has 0 bridgehead atoms. The predicted octanol–water partition coefficient (Wildman–Crippen LogP) is -0.406.